The highest BCUT2D eigenvalue weighted by atomic mass is 15.0. The molecular weight excluding hydrogens is 194 g/mol. The SMILES string of the molecule is CCC(CC)C(C)NC1CCCCC1(C)C. The average molecular weight is 225 g/mol. The molecule has 0 aromatic heterocycles. The maximum Gasteiger partial charge on any atom is 0.0121 e. The van der Waals surface area contributed by atoms with Gasteiger partial charge in [0.1, 0.15) is 0 Å². The first-order valence-electron chi connectivity index (χ1n) is 7.27. The Morgan fingerprint density at radius 3 is 2.31 bits per heavy atom. The van der Waals surface area contributed by atoms with Gasteiger partial charge in [-0.3, -0.25) is 0 Å². The zero-order valence-corrected chi connectivity index (χ0v) is 12.0. The Balaban J connectivity index is 2.51. The highest BCUT2D eigenvalue weighted by Gasteiger charge is 2.33. The van der Waals surface area contributed by atoms with Gasteiger partial charge in [0.05, 0.1) is 0 Å². The Morgan fingerprint density at radius 2 is 1.81 bits per heavy atom. The molecule has 1 fully saturated rings. The summed E-state index contributed by atoms with van der Waals surface area (Å²) in [4.78, 5) is 0. The molecular formula is C15H31N. The number of hydrogen-bond acceptors (Lipinski definition) is 1. The van der Waals surface area contributed by atoms with E-state index in [2.05, 4.69) is 39.9 Å². The molecule has 0 spiro atoms. The molecule has 0 saturated heterocycles. The van der Waals surface area contributed by atoms with Gasteiger partial charge in [-0.2, -0.15) is 0 Å². The van der Waals surface area contributed by atoms with Crippen LogP contribution in [0.15, 0.2) is 0 Å². The molecule has 0 amide bonds. The average Bonchev–Trinajstić information content (AvgIpc) is 2.23. The molecule has 0 aromatic carbocycles. The van der Waals surface area contributed by atoms with Gasteiger partial charge in [0.2, 0.25) is 0 Å². The van der Waals surface area contributed by atoms with Crippen LogP contribution < -0.4 is 5.32 Å². The van der Waals surface area contributed by atoms with Crippen molar-refractivity contribution in [2.45, 2.75) is 85.2 Å². The lowest BCUT2D eigenvalue weighted by Gasteiger charge is -2.42. The smallest absolute Gasteiger partial charge is 0.0121 e. The van der Waals surface area contributed by atoms with E-state index in [-0.39, 0.29) is 0 Å². The Labute approximate surface area is 102 Å². The number of hydrogen-bond donors (Lipinski definition) is 1. The zero-order chi connectivity index (χ0) is 12.2. The monoisotopic (exact) mass is 225 g/mol. The highest BCUT2D eigenvalue weighted by molar-refractivity contribution is 4.90. The third-order valence-electron chi connectivity index (χ3n) is 4.73. The van der Waals surface area contributed by atoms with E-state index in [4.69, 9.17) is 0 Å². The lowest BCUT2D eigenvalue weighted by Crippen LogP contribution is -2.49. The summed E-state index contributed by atoms with van der Waals surface area (Å²) < 4.78 is 0. The maximum absolute atomic E-state index is 3.91. The predicted molar refractivity (Wildman–Crippen MR) is 72.7 cm³/mol. The van der Waals surface area contributed by atoms with E-state index < -0.39 is 0 Å². The molecule has 0 aliphatic heterocycles. The van der Waals surface area contributed by atoms with Gasteiger partial charge in [-0.1, -0.05) is 53.4 Å². The first kappa shape index (κ1) is 14.0. The van der Waals surface area contributed by atoms with Crippen LogP contribution in [-0.4, -0.2) is 12.1 Å². The Morgan fingerprint density at radius 1 is 1.19 bits per heavy atom. The van der Waals surface area contributed by atoms with Crippen LogP contribution in [0.25, 0.3) is 0 Å². The lowest BCUT2D eigenvalue weighted by atomic mass is 9.72. The van der Waals surface area contributed by atoms with E-state index in [0.29, 0.717) is 11.5 Å². The number of nitrogens with one attached hydrogen (secondary N) is 1. The van der Waals surface area contributed by atoms with Gasteiger partial charge < -0.3 is 5.32 Å². The standard InChI is InChI=1S/C15H31N/c1-6-13(7-2)12(3)16-14-10-8-9-11-15(14,4)5/h12-14,16H,6-11H2,1-5H3. The fourth-order valence-corrected chi connectivity index (χ4v) is 3.25. The van der Waals surface area contributed by atoms with E-state index >= 15 is 0 Å². The van der Waals surface area contributed by atoms with E-state index in [1.807, 2.05) is 0 Å². The van der Waals surface area contributed by atoms with Crippen molar-refractivity contribution in [2.75, 3.05) is 0 Å². The van der Waals surface area contributed by atoms with Gasteiger partial charge in [0.15, 0.2) is 0 Å². The van der Waals surface area contributed by atoms with Crippen LogP contribution in [0.2, 0.25) is 0 Å². The predicted octanol–water partition coefficient (Wildman–Crippen LogP) is 4.37. The van der Waals surface area contributed by atoms with Crippen molar-refractivity contribution in [3.8, 4) is 0 Å². The van der Waals surface area contributed by atoms with Crippen LogP contribution in [0.3, 0.4) is 0 Å². The van der Waals surface area contributed by atoms with Gasteiger partial charge in [-0.05, 0) is 31.1 Å². The Kier molecular flexibility index (Phi) is 5.30. The maximum atomic E-state index is 3.91. The number of rotatable bonds is 5. The first-order chi connectivity index (χ1) is 7.51. The topological polar surface area (TPSA) is 12.0 Å². The van der Waals surface area contributed by atoms with E-state index in [1.165, 1.54) is 38.5 Å². The third-order valence-corrected chi connectivity index (χ3v) is 4.73. The van der Waals surface area contributed by atoms with E-state index in [1.54, 1.807) is 0 Å². The lowest BCUT2D eigenvalue weighted by molar-refractivity contribution is 0.144. The van der Waals surface area contributed by atoms with Crippen molar-refractivity contribution in [1.29, 1.82) is 0 Å². The summed E-state index contributed by atoms with van der Waals surface area (Å²) in [7, 11) is 0. The van der Waals surface area contributed by atoms with Crippen LogP contribution in [0.5, 0.6) is 0 Å². The molecule has 1 rings (SSSR count). The molecule has 2 atom stereocenters. The second-order valence-electron chi connectivity index (χ2n) is 6.32. The fourth-order valence-electron chi connectivity index (χ4n) is 3.25. The van der Waals surface area contributed by atoms with E-state index in [0.717, 1.165) is 12.0 Å². The minimum absolute atomic E-state index is 0.499. The third kappa shape index (κ3) is 3.48. The van der Waals surface area contributed by atoms with Crippen LogP contribution in [0, 0.1) is 11.3 Å². The molecule has 2 unspecified atom stereocenters. The molecule has 1 aliphatic rings. The normalized spacial score (nSPS) is 27.0. The van der Waals surface area contributed by atoms with Gasteiger partial charge in [-0.25, -0.2) is 0 Å². The molecule has 0 radical (unpaired) electrons. The quantitative estimate of drug-likeness (QED) is 0.732. The molecule has 1 aliphatic carbocycles. The van der Waals surface area contributed by atoms with Crippen LogP contribution in [0.4, 0.5) is 0 Å². The Bertz CT molecular complexity index is 194. The molecule has 1 heteroatoms. The Hall–Kier alpha value is -0.0400. The second-order valence-corrected chi connectivity index (χ2v) is 6.32. The van der Waals surface area contributed by atoms with Gasteiger partial charge in [0.25, 0.3) is 0 Å². The van der Waals surface area contributed by atoms with Crippen LogP contribution in [0.1, 0.15) is 73.1 Å². The summed E-state index contributed by atoms with van der Waals surface area (Å²) in [6.45, 7) is 11.9. The summed E-state index contributed by atoms with van der Waals surface area (Å²) in [5.41, 5.74) is 0.499. The van der Waals surface area contributed by atoms with Gasteiger partial charge in [0, 0.05) is 12.1 Å². The summed E-state index contributed by atoms with van der Waals surface area (Å²) in [5.74, 6) is 0.845. The summed E-state index contributed by atoms with van der Waals surface area (Å²) in [6, 6.07) is 1.41. The molecule has 1 saturated carbocycles. The van der Waals surface area contributed by atoms with Crippen molar-refractivity contribution in [3.05, 3.63) is 0 Å². The van der Waals surface area contributed by atoms with Gasteiger partial charge in [-0.15, -0.1) is 0 Å². The van der Waals surface area contributed by atoms with Gasteiger partial charge >= 0.3 is 0 Å². The molecule has 0 bridgehead atoms. The van der Waals surface area contributed by atoms with Crippen molar-refractivity contribution < 1.29 is 0 Å². The highest BCUT2D eigenvalue weighted by Crippen LogP contribution is 2.36. The summed E-state index contributed by atoms with van der Waals surface area (Å²) in [6.07, 6.45) is 8.20. The van der Waals surface area contributed by atoms with Crippen molar-refractivity contribution in [2.24, 2.45) is 11.3 Å². The van der Waals surface area contributed by atoms with E-state index in [9.17, 15) is 0 Å². The van der Waals surface area contributed by atoms with Crippen LogP contribution >= 0.6 is 0 Å². The minimum Gasteiger partial charge on any atom is -0.311 e. The second kappa shape index (κ2) is 6.05. The zero-order valence-electron chi connectivity index (χ0n) is 12.0. The molecule has 1 N–H and O–H groups in total. The molecule has 16 heavy (non-hydrogen) atoms. The fraction of sp³-hybridized carbons (Fsp3) is 1.00. The van der Waals surface area contributed by atoms with Crippen LogP contribution in [-0.2, 0) is 0 Å². The van der Waals surface area contributed by atoms with Crippen molar-refractivity contribution >= 4 is 0 Å². The summed E-state index contributed by atoms with van der Waals surface area (Å²) >= 11 is 0. The minimum atomic E-state index is 0.499. The largest absolute Gasteiger partial charge is 0.311 e. The van der Waals surface area contributed by atoms with Crippen molar-refractivity contribution in [3.63, 3.8) is 0 Å². The summed E-state index contributed by atoms with van der Waals surface area (Å²) in [5, 5.41) is 3.91. The van der Waals surface area contributed by atoms with Crippen molar-refractivity contribution in [1.82, 2.24) is 5.32 Å². The molecule has 96 valence electrons. The first-order valence-corrected chi connectivity index (χ1v) is 7.27. The molecule has 0 aromatic rings. The molecule has 1 nitrogen and oxygen atoms in total. The molecule has 0 heterocycles.